The maximum atomic E-state index is 11.3. The van der Waals surface area contributed by atoms with Gasteiger partial charge in [0.1, 0.15) is 0 Å². The quantitative estimate of drug-likeness (QED) is 0.822. The number of carbonyl (C=O) groups is 1. The van der Waals surface area contributed by atoms with Crippen LogP contribution in [0.25, 0.3) is 0 Å². The second-order valence-corrected chi connectivity index (χ2v) is 4.84. The Balaban J connectivity index is 2.07. The van der Waals surface area contributed by atoms with E-state index < -0.39 is 5.97 Å². The Morgan fingerprint density at radius 1 is 1.50 bits per heavy atom. The van der Waals surface area contributed by atoms with Crippen LogP contribution in [0.2, 0.25) is 0 Å². The highest BCUT2D eigenvalue weighted by Gasteiger charge is 2.65. The van der Waals surface area contributed by atoms with Gasteiger partial charge in [0, 0.05) is 5.41 Å². The molecule has 1 aliphatic carbocycles. The number of hydrogen-bond acceptors (Lipinski definition) is 2. The van der Waals surface area contributed by atoms with Crippen LogP contribution >= 0.6 is 0 Å². The normalized spacial score (nSPS) is 35.8. The predicted molar refractivity (Wildman–Crippen MR) is 58.3 cm³/mol. The highest BCUT2D eigenvalue weighted by Crippen LogP contribution is 2.57. The van der Waals surface area contributed by atoms with Gasteiger partial charge in [-0.05, 0) is 24.5 Å². The molecule has 0 amide bonds. The number of rotatable bonds is 2. The topological polar surface area (TPSA) is 46.5 Å². The summed E-state index contributed by atoms with van der Waals surface area (Å²) >= 11 is 0. The number of benzene rings is 1. The highest BCUT2D eigenvalue weighted by atomic mass is 16.5. The van der Waals surface area contributed by atoms with Gasteiger partial charge in [-0.1, -0.05) is 24.3 Å². The Hall–Kier alpha value is -1.35. The van der Waals surface area contributed by atoms with Crippen LogP contribution in [-0.2, 0) is 14.9 Å². The van der Waals surface area contributed by atoms with Crippen molar-refractivity contribution in [3.8, 4) is 0 Å². The van der Waals surface area contributed by atoms with Crippen LogP contribution in [-0.4, -0.2) is 23.8 Å². The Morgan fingerprint density at radius 2 is 2.25 bits per heavy atom. The van der Waals surface area contributed by atoms with Crippen molar-refractivity contribution >= 4 is 5.97 Å². The van der Waals surface area contributed by atoms with Crippen LogP contribution < -0.4 is 0 Å². The summed E-state index contributed by atoms with van der Waals surface area (Å²) in [5, 5.41) is 9.25. The van der Waals surface area contributed by atoms with Gasteiger partial charge in [-0.15, -0.1) is 0 Å². The number of aliphatic carboxylic acids is 1. The molecule has 1 aromatic carbocycles. The molecule has 3 aliphatic rings. The minimum absolute atomic E-state index is 0.0721. The van der Waals surface area contributed by atoms with Crippen molar-refractivity contribution in [1.29, 1.82) is 0 Å². The molecule has 1 aromatic rings. The third-order valence-electron chi connectivity index (χ3n) is 4.04. The van der Waals surface area contributed by atoms with Gasteiger partial charge in [-0.2, -0.15) is 0 Å². The number of ether oxygens (including phenoxy) is 1. The molecule has 2 saturated heterocycles. The molecule has 0 spiro atoms. The molecular formula is C13H14O3. The zero-order chi connectivity index (χ0) is 11.3. The Kier molecular flexibility index (Phi) is 1.89. The number of aryl methyl sites for hydroxylation is 1. The Bertz CT molecular complexity index is 450. The summed E-state index contributed by atoms with van der Waals surface area (Å²) in [6, 6.07) is 8.03. The van der Waals surface area contributed by atoms with Crippen LogP contribution in [0.15, 0.2) is 24.3 Å². The molecule has 2 heterocycles. The number of carboxylic acid groups (broad SMARTS) is 1. The lowest BCUT2D eigenvalue weighted by Gasteiger charge is -2.43. The van der Waals surface area contributed by atoms with E-state index in [1.165, 1.54) is 0 Å². The monoisotopic (exact) mass is 218 g/mol. The molecule has 4 rings (SSSR count). The molecule has 16 heavy (non-hydrogen) atoms. The number of fused-ring (bicyclic) bond motifs is 1. The molecule has 1 saturated carbocycles. The van der Waals surface area contributed by atoms with E-state index in [0.717, 1.165) is 17.5 Å². The third-order valence-corrected chi connectivity index (χ3v) is 4.04. The van der Waals surface area contributed by atoms with E-state index in [9.17, 15) is 9.90 Å². The fourth-order valence-corrected chi connectivity index (χ4v) is 3.24. The predicted octanol–water partition coefficient (Wildman–Crippen LogP) is 1.74. The van der Waals surface area contributed by atoms with Gasteiger partial charge < -0.3 is 9.84 Å². The van der Waals surface area contributed by atoms with Crippen molar-refractivity contribution in [2.75, 3.05) is 6.61 Å². The summed E-state index contributed by atoms with van der Waals surface area (Å²) in [6.07, 6.45) is 0.784. The van der Waals surface area contributed by atoms with Crippen LogP contribution in [0.3, 0.4) is 0 Å². The van der Waals surface area contributed by atoms with E-state index in [2.05, 4.69) is 0 Å². The summed E-state index contributed by atoms with van der Waals surface area (Å²) in [6.45, 7) is 2.59. The summed E-state index contributed by atoms with van der Waals surface area (Å²) in [5.74, 6) is -1.08. The molecule has 84 valence electrons. The second-order valence-electron chi connectivity index (χ2n) is 4.84. The van der Waals surface area contributed by atoms with Gasteiger partial charge in [0.05, 0.1) is 18.6 Å². The van der Waals surface area contributed by atoms with Crippen LogP contribution in [0.1, 0.15) is 17.5 Å². The lowest BCUT2D eigenvalue weighted by molar-refractivity contribution is -0.150. The first-order valence-corrected chi connectivity index (χ1v) is 5.56. The van der Waals surface area contributed by atoms with Gasteiger partial charge in [0.25, 0.3) is 0 Å². The molecule has 3 atom stereocenters. The molecular weight excluding hydrogens is 204 g/mol. The maximum absolute atomic E-state index is 11.3. The minimum Gasteiger partial charge on any atom is -0.481 e. The molecule has 3 nitrogen and oxygen atoms in total. The lowest BCUT2D eigenvalue weighted by Crippen LogP contribution is -2.52. The maximum Gasteiger partial charge on any atom is 0.310 e. The zero-order valence-corrected chi connectivity index (χ0v) is 9.14. The van der Waals surface area contributed by atoms with Gasteiger partial charge in [-0.25, -0.2) is 0 Å². The van der Waals surface area contributed by atoms with E-state index >= 15 is 0 Å². The van der Waals surface area contributed by atoms with Crippen molar-refractivity contribution in [2.45, 2.75) is 24.9 Å². The van der Waals surface area contributed by atoms with E-state index in [1.807, 2.05) is 31.2 Å². The van der Waals surface area contributed by atoms with E-state index in [1.54, 1.807) is 0 Å². The first kappa shape index (κ1) is 9.85. The summed E-state index contributed by atoms with van der Waals surface area (Å²) in [4.78, 5) is 11.3. The average molecular weight is 218 g/mol. The number of hydrogen-bond donors (Lipinski definition) is 1. The van der Waals surface area contributed by atoms with Gasteiger partial charge in [-0.3, -0.25) is 4.79 Å². The second kappa shape index (κ2) is 3.08. The molecule has 0 aromatic heterocycles. The van der Waals surface area contributed by atoms with Crippen molar-refractivity contribution in [3.05, 3.63) is 35.4 Å². The smallest absolute Gasteiger partial charge is 0.310 e. The molecule has 2 bridgehead atoms. The van der Waals surface area contributed by atoms with E-state index in [4.69, 9.17) is 4.74 Å². The Labute approximate surface area is 94.0 Å². The third kappa shape index (κ3) is 1.04. The standard InChI is InChI=1S/C13H14O3/c1-8-4-2-3-5-9(8)13-6-10(16-7-13)11(13)12(14)15/h2-5,10-11H,6-7H2,1H3,(H,14,15). The van der Waals surface area contributed by atoms with Crippen molar-refractivity contribution in [1.82, 2.24) is 0 Å². The van der Waals surface area contributed by atoms with Gasteiger partial charge in [0.2, 0.25) is 0 Å². The molecule has 3 unspecified atom stereocenters. The summed E-state index contributed by atoms with van der Waals surface area (Å²) < 4.78 is 5.53. The first-order chi connectivity index (χ1) is 7.65. The van der Waals surface area contributed by atoms with Crippen molar-refractivity contribution in [3.63, 3.8) is 0 Å². The molecule has 3 fully saturated rings. The largest absolute Gasteiger partial charge is 0.481 e. The first-order valence-electron chi connectivity index (χ1n) is 5.56. The zero-order valence-electron chi connectivity index (χ0n) is 9.14. The summed E-state index contributed by atoms with van der Waals surface area (Å²) in [5.41, 5.74) is 2.05. The Morgan fingerprint density at radius 3 is 2.88 bits per heavy atom. The van der Waals surface area contributed by atoms with Gasteiger partial charge >= 0.3 is 5.97 Å². The summed E-state index contributed by atoms with van der Waals surface area (Å²) in [7, 11) is 0. The lowest BCUT2D eigenvalue weighted by atomic mass is 9.57. The average Bonchev–Trinajstić information content (AvgIpc) is 2.75. The van der Waals surface area contributed by atoms with Crippen LogP contribution in [0.4, 0.5) is 0 Å². The van der Waals surface area contributed by atoms with E-state index in [-0.39, 0.29) is 17.4 Å². The molecule has 2 aliphatic heterocycles. The van der Waals surface area contributed by atoms with Crippen molar-refractivity contribution in [2.24, 2.45) is 5.92 Å². The molecule has 0 radical (unpaired) electrons. The fraction of sp³-hybridized carbons (Fsp3) is 0.462. The molecule has 3 heteroatoms. The minimum atomic E-state index is -0.725. The highest BCUT2D eigenvalue weighted by molar-refractivity contribution is 5.76. The van der Waals surface area contributed by atoms with Crippen LogP contribution in [0, 0.1) is 12.8 Å². The SMILES string of the molecule is Cc1ccccc1C12COC(C1)C2C(=O)O. The molecule has 1 N–H and O–H groups in total. The fourth-order valence-electron chi connectivity index (χ4n) is 3.24. The van der Waals surface area contributed by atoms with E-state index in [0.29, 0.717) is 6.61 Å². The van der Waals surface area contributed by atoms with Crippen molar-refractivity contribution < 1.29 is 14.6 Å². The number of carboxylic acids is 1. The van der Waals surface area contributed by atoms with Crippen LogP contribution in [0.5, 0.6) is 0 Å². The van der Waals surface area contributed by atoms with Gasteiger partial charge in [0.15, 0.2) is 0 Å².